The fourth-order valence-corrected chi connectivity index (χ4v) is 2.19. The van der Waals surface area contributed by atoms with Gasteiger partial charge < -0.3 is 5.11 Å². The topological polar surface area (TPSA) is 20.2 Å². The number of hydrogen-bond donors (Lipinski definition) is 1. The van der Waals surface area contributed by atoms with E-state index < -0.39 is 6.10 Å². The van der Waals surface area contributed by atoms with Crippen molar-refractivity contribution >= 4 is 11.8 Å². The van der Waals surface area contributed by atoms with E-state index in [9.17, 15) is 5.11 Å². The summed E-state index contributed by atoms with van der Waals surface area (Å²) < 4.78 is 0. The summed E-state index contributed by atoms with van der Waals surface area (Å²) in [7, 11) is 0. The maximum absolute atomic E-state index is 10.1. The summed E-state index contributed by atoms with van der Waals surface area (Å²) in [6.07, 6.45) is 2.29. The molecular weight excluding hydrogens is 228 g/mol. The average Bonchev–Trinajstić information content (AvgIpc) is 2.40. The van der Waals surface area contributed by atoms with Crippen LogP contribution in [0.3, 0.4) is 0 Å². The van der Waals surface area contributed by atoms with Crippen LogP contribution in [0.5, 0.6) is 0 Å². The summed E-state index contributed by atoms with van der Waals surface area (Å²) in [5, 5.41) is 10.1. The first-order valence-electron chi connectivity index (χ1n) is 5.65. The van der Waals surface area contributed by atoms with Crippen LogP contribution in [-0.2, 0) is 6.42 Å². The van der Waals surface area contributed by atoms with Crippen LogP contribution in [0.15, 0.2) is 59.5 Å². The Bertz CT molecular complexity index is 450. The molecule has 17 heavy (non-hydrogen) atoms. The molecule has 0 radical (unpaired) electrons. The molecule has 0 fully saturated rings. The minimum atomic E-state index is -0.423. The smallest absolute Gasteiger partial charge is 0.0830 e. The number of rotatable bonds is 4. The number of benzene rings is 2. The molecule has 0 aliphatic heterocycles. The maximum atomic E-state index is 10.1. The molecule has 0 aromatic heterocycles. The third-order valence-corrected chi connectivity index (χ3v) is 3.52. The Hall–Kier alpha value is -1.25. The van der Waals surface area contributed by atoms with Gasteiger partial charge in [-0.05, 0) is 29.5 Å². The van der Waals surface area contributed by atoms with Crippen molar-refractivity contribution in [1.29, 1.82) is 0 Å². The fourth-order valence-electron chi connectivity index (χ4n) is 1.78. The van der Waals surface area contributed by atoms with Crippen LogP contribution in [0.2, 0.25) is 0 Å². The zero-order valence-electron chi connectivity index (χ0n) is 9.84. The third-order valence-electron chi connectivity index (χ3n) is 2.77. The van der Waals surface area contributed by atoms with Gasteiger partial charge in [0.2, 0.25) is 0 Å². The van der Waals surface area contributed by atoms with E-state index in [1.165, 1.54) is 4.90 Å². The monoisotopic (exact) mass is 244 g/mol. The fraction of sp³-hybridized carbons (Fsp3) is 0.200. The minimum absolute atomic E-state index is 0.423. The van der Waals surface area contributed by atoms with Crippen molar-refractivity contribution in [2.45, 2.75) is 17.4 Å². The van der Waals surface area contributed by atoms with Crippen molar-refractivity contribution in [3.8, 4) is 0 Å². The van der Waals surface area contributed by atoms with Crippen molar-refractivity contribution in [1.82, 2.24) is 0 Å². The summed E-state index contributed by atoms with van der Waals surface area (Å²) in [6.45, 7) is 0. The molecule has 0 saturated heterocycles. The van der Waals surface area contributed by atoms with E-state index in [-0.39, 0.29) is 0 Å². The van der Waals surface area contributed by atoms with Gasteiger partial charge >= 0.3 is 0 Å². The average molecular weight is 244 g/mol. The lowest BCUT2D eigenvalue weighted by atomic mass is 10.0. The number of thioether (sulfide) groups is 1. The SMILES string of the molecule is CSc1ccc(C(O)Cc2ccccc2)cc1. The molecule has 88 valence electrons. The molecule has 2 rings (SSSR count). The van der Waals surface area contributed by atoms with Crippen LogP contribution in [0, 0.1) is 0 Å². The first kappa shape index (κ1) is 12.2. The van der Waals surface area contributed by atoms with Gasteiger partial charge in [-0.1, -0.05) is 42.5 Å². The predicted molar refractivity (Wildman–Crippen MR) is 73.3 cm³/mol. The molecule has 0 aliphatic rings. The van der Waals surface area contributed by atoms with Crippen LogP contribution in [0.4, 0.5) is 0 Å². The van der Waals surface area contributed by atoms with Gasteiger partial charge in [-0.25, -0.2) is 0 Å². The van der Waals surface area contributed by atoms with E-state index in [0.29, 0.717) is 6.42 Å². The minimum Gasteiger partial charge on any atom is -0.388 e. The molecule has 2 aromatic rings. The molecule has 0 aliphatic carbocycles. The van der Waals surface area contributed by atoms with Gasteiger partial charge in [-0.2, -0.15) is 0 Å². The van der Waals surface area contributed by atoms with Crippen LogP contribution < -0.4 is 0 Å². The quantitative estimate of drug-likeness (QED) is 0.828. The molecule has 0 heterocycles. The van der Waals surface area contributed by atoms with Crippen LogP contribution in [0.25, 0.3) is 0 Å². The Morgan fingerprint density at radius 3 is 2.24 bits per heavy atom. The Kier molecular flexibility index (Phi) is 4.24. The summed E-state index contributed by atoms with van der Waals surface area (Å²) in [6, 6.07) is 18.2. The highest BCUT2D eigenvalue weighted by Gasteiger charge is 2.07. The lowest BCUT2D eigenvalue weighted by Gasteiger charge is -2.11. The molecule has 2 aromatic carbocycles. The molecule has 0 amide bonds. The zero-order chi connectivity index (χ0) is 12.1. The van der Waals surface area contributed by atoms with E-state index >= 15 is 0 Å². The highest BCUT2D eigenvalue weighted by Crippen LogP contribution is 2.21. The second-order valence-corrected chi connectivity index (χ2v) is 4.86. The predicted octanol–water partition coefficient (Wildman–Crippen LogP) is 3.68. The van der Waals surface area contributed by atoms with Gasteiger partial charge in [0.1, 0.15) is 0 Å². The molecule has 0 saturated carbocycles. The molecule has 1 nitrogen and oxygen atoms in total. The van der Waals surface area contributed by atoms with Crippen molar-refractivity contribution in [3.05, 3.63) is 65.7 Å². The van der Waals surface area contributed by atoms with E-state index in [1.807, 2.05) is 54.6 Å². The molecule has 0 spiro atoms. The van der Waals surface area contributed by atoms with E-state index in [1.54, 1.807) is 11.8 Å². The van der Waals surface area contributed by atoms with Crippen LogP contribution in [-0.4, -0.2) is 11.4 Å². The van der Waals surface area contributed by atoms with Crippen LogP contribution in [0.1, 0.15) is 17.2 Å². The summed E-state index contributed by atoms with van der Waals surface area (Å²) >= 11 is 1.71. The van der Waals surface area contributed by atoms with Gasteiger partial charge in [0.15, 0.2) is 0 Å². The maximum Gasteiger partial charge on any atom is 0.0830 e. The van der Waals surface area contributed by atoms with Crippen molar-refractivity contribution in [2.75, 3.05) is 6.26 Å². The van der Waals surface area contributed by atoms with Gasteiger partial charge in [0, 0.05) is 11.3 Å². The second kappa shape index (κ2) is 5.89. The molecule has 1 N–H and O–H groups in total. The first-order chi connectivity index (χ1) is 8.29. The third kappa shape index (κ3) is 3.35. The molecular formula is C15H16OS. The Labute approximate surface area is 107 Å². The highest BCUT2D eigenvalue weighted by atomic mass is 32.2. The van der Waals surface area contributed by atoms with Gasteiger partial charge in [0.05, 0.1) is 6.10 Å². The van der Waals surface area contributed by atoms with E-state index in [2.05, 4.69) is 6.26 Å². The first-order valence-corrected chi connectivity index (χ1v) is 6.88. The normalized spacial score (nSPS) is 12.4. The summed E-state index contributed by atoms with van der Waals surface area (Å²) in [5.41, 5.74) is 2.14. The molecule has 1 atom stereocenters. The Morgan fingerprint density at radius 2 is 1.65 bits per heavy atom. The van der Waals surface area contributed by atoms with Crippen molar-refractivity contribution in [2.24, 2.45) is 0 Å². The molecule has 2 heteroatoms. The zero-order valence-corrected chi connectivity index (χ0v) is 10.7. The number of aliphatic hydroxyl groups is 1. The lowest BCUT2D eigenvalue weighted by Crippen LogP contribution is -2.01. The van der Waals surface area contributed by atoms with Crippen LogP contribution >= 0.6 is 11.8 Å². The second-order valence-electron chi connectivity index (χ2n) is 3.98. The van der Waals surface area contributed by atoms with Crippen molar-refractivity contribution in [3.63, 3.8) is 0 Å². The summed E-state index contributed by atoms with van der Waals surface area (Å²) in [4.78, 5) is 1.22. The number of hydrogen-bond acceptors (Lipinski definition) is 2. The molecule has 0 bridgehead atoms. The highest BCUT2D eigenvalue weighted by molar-refractivity contribution is 7.98. The van der Waals surface area contributed by atoms with Gasteiger partial charge in [0.25, 0.3) is 0 Å². The summed E-state index contributed by atoms with van der Waals surface area (Å²) in [5.74, 6) is 0. The van der Waals surface area contributed by atoms with Gasteiger partial charge in [-0.15, -0.1) is 11.8 Å². The lowest BCUT2D eigenvalue weighted by molar-refractivity contribution is 0.178. The number of aliphatic hydroxyl groups excluding tert-OH is 1. The molecule has 1 unspecified atom stereocenters. The van der Waals surface area contributed by atoms with Gasteiger partial charge in [-0.3, -0.25) is 0 Å². The standard InChI is InChI=1S/C15H16OS/c1-17-14-9-7-13(8-10-14)15(16)11-12-5-3-2-4-6-12/h2-10,15-16H,11H2,1H3. The van der Waals surface area contributed by atoms with Crippen molar-refractivity contribution < 1.29 is 5.11 Å². The Balaban J connectivity index is 2.06. The van der Waals surface area contributed by atoms with E-state index in [4.69, 9.17) is 0 Å². The largest absolute Gasteiger partial charge is 0.388 e. The Morgan fingerprint density at radius 1 is 1.00 bits per heavy atom. The van der Waals surface area contributed by atoms with E-state index in [0.717, 1.165) is 11.1 Å².